The summed E-state index contributed by atoms with van der Waals surface area (Å²) in [5, 5.41) is 10.9. The summed E-state index contributed by atoms with van der Waals surface area (Å²) in [6, 6.07) is 4.88. The van der Waals surface area contributed by atoms with E-state index in [1.54, 1.807) is 32.0 Å². The zero-order valence-electron chi connectivity index (χ0n) is 10.1. The molecule has 0 heterocycles. The molecule has 0 aliphatic heterocycles. The predicted octanol–water partition coefficient (Wildman–Crippen LogP) is 3.15. The van der Waals surface area contributed by atoms with Crippen LogP contribution in [0.25, 0.3) is 0 Å². The van der Waals surface area contributed by atoms with Crippen LogP contribution in [0.4, 0.5) is 4.79 Å². The lowest BCUT2D eigenvalue weighted by atomic mass is 9.96. The van der Waals surface area contributed by atoms with E-state index in [9.17, 15) is 9.90 Å². The van der Waals surface area contributed by atoms with Crippen LogP contribution in [0.1, 0.15) is 25.5 Å². The van der Waals surface area contributed by atoms with Crippen LogP contribution in [0.2, 0.25) is 10.0 Å². The number of carbonyl (C=O) groups is 1. The number of hydrogen-bond acceptors (Lipinski definition) is 3. The number of rotatable bonds is 4. The third-order valence-electron chi connectivity index (χ3n) is 2.52. The van der Waals surface area contributed by atoms with Gasteiger partial charge in [0.1, 0.15) is 12.2 Å². The molecular formula is C12H15Cl2NO3. The van der Waals surface area contributed by atoms with Crippen molar-refractivity contribution >= 4 is 29.3 Å². The second kappa shape index (κ2) is 6.27. The number of aliphatic hydroxyl groups excluding tert-OH is 1. The normalized spacial score (nSPS) is 14.3. The molecule has 0 radical (unpaired) electrons. The first-order valence-electron chi connectivity index (χ1n) is 5.42. The highest BCUT2D eigenvalue weighted by Gasteiger charge is 2.30. The zero-order chi connectivity index (χ0) is 13.9. The van der Waals surface area contributed by atoms with Gasteiger partial charge in [-0.15, -0.1) is 0 Å². The fourth-order valence-electron chi connectivity index (χ4n) is 1.66. The molecule has 0 aliphatic rings. The summed E-state index contributed by atoms with van der Waals surface area (Å²) in [5.41, 5.74) is 5.32. The number of nitrogens with two attached hydrogens (primary N) is 1. The van der Waals surface area contributed by atoms with Crippen LogP contribution in [-0.2, 0) is 4.74 Å². The van der Waals surface area contributed by atoms with Gasteiger partial charge in [-0.3, -0.25) is 0 Å². The smallest absolute Gasteiger partial charge is 0.404 e. The Morgan fingerprint density at radius 1 is 1.33 bits per heavy atom. The fourth-order valence-corrected chi connectivity index (χ4v) is 2.28. The maximum absolute atomic E-state index is 10.8. The van der Waals surface area contributed by atoms with Gasteiger partial charge in [0, 0.05) is 15.6 Å². The largest absolute Gasteiger partial charge is 0.443 e. The standard InChI is InChI=1S/C12H15Cl2NO3/c1-6(2)11(18-12(15)17)10(16)9-7(13)4-3-5-8(9)14/h3-6,10-11,16H,1-2H3,(H2,15,17)/t10-,11-/m1/s1. The molecule has 1 amide bonds. The molecule has 0 bridgehead atoms. The molecule has 1 rings (SSSR count). The van der Waals surface area contributed by atoms with E-state index in [2.05, 4.69) is 0 Å². The Balaban J connectivity index is 3.09. The van der Waals surface area contributed by atoms with Gasteiger partial charge in [0.15, 0.2) is 0 Å². The summed E-state index contributed by atoms with van der Waals surface area (Å²) in [6.07, 6.45) is -2.88. The number of amides is 1. The highest BCUT2D eigenvalue weighted by Crippen LogP contribution is 2.34. The first kappa shape index (κ1) is 15.1. The number of carbonyl (C=O) groups excluding carboxylic acids is 1. The first-order chi connectivity index (χ1) is 8.34. The lowest BCUT2D eigenvalue weighted by molar-refractivity contribution is -0.0195. The van der Waals surface area contributed by atoms with Gasteiger partial charge in [-0.25, -0.2) is 4.79 Å². The van der Waals surface area contributed by atoms with E-state index in [-0.39, 0.29) is 5.92 Å². The second-order valence-corrected chi connectivity index (χ2v) is 5.04. The third-order valence-corrected chi connectivity index (χ3v) is 3.18. The summed E-state index contributed by atoms with van der Waals surface area (Å²) in [4.78, 5) is 10.8. The molecule has 0 aromatic heterocycles. The van der Waals surface area contributed by atoms with Crippen molar-refractivity contribution in [3.05, 3.63) is 33.8 Å². The minimum absolute atomic E-state index is 0.139. The minimum Gasteiger partial charge on any atom is -0.443 e. The molecule has 1 aromatic rings. The van der Waals surface area contributed by atoms with Crippen LogP contribution in [-0.4, -0.2) is 17.3 Å². The highest BCUT2D eigenvalue weighted by molar-refractivity contribution is 6.36. The molecule has 18 heavy (non-hydrogen) atoms. The van der Waals surface area contributed by atoms with Gasteiger partial charge in [-0.2, -0.15) is 0 Å². The lowest BCUT2D eigenvalue weighted by Crippen LogP contribution is -2.32. The number of aliphatic hydroxyl groups is 1. The molecule has 6 heteroatoms. The van der Waals surface area contributed by atoms with Gasteiger partial charge in [0.25, 0.3) is 0 Å². The van der Waals surface area contributed by atoms with Gasteiger partial charge in [0.05, 0.1) is 0 Å². The van der Waals surface area contributed by atoms with Gasteiger partial charge < -0.3 is 15.6 Å². The summed E-state index contributed by atoms with van der Waals surface area (Å²) in [6.45, 7) is 3.59. The van der Waals surface area contributed by atoms with Crippen LogP contribution in [0.3, 0.4) is 0 Å². The number of primary amides is 1. The number of benzene rings is 1. The summed E-state index contributed by atoms with van der Waals surface area (Å²) >= 11 is 12.0. The molecule has 0 aliphatic carbocycles. The van der Waals surface area contributed by atoms with Gasteiger partial charge in [-0.05, 0) is 18.1 Å². The van der Waals surface area contributed by atoms with E-state index in [1.807, 2.05) is 0 Å². The molecule has 3 N–H and O–H groups in total. The van der Waals surface area contributed by atoms with Crippen LogP contribution in [0, 0.1) is 5.92 Å². The summed E-state index contributed by atoms with van der Waals surface area (Å²) < 4.78 is 4.91. The Hall–Kier alpha value is -0.970. The predicted molar refractivity (Wildman–Crippen MR) is 70.7 cm³/mol. The number of ether oxygens (including phenoxy) is 1. The van der Waals surface area contributed by atoms with Gasteiger partial charge in [0.2, 0.25) is 0 Å². The number of hydrogen-bond donors (Lipinski definition) is 2. The van der Waals surface area contributed by atoms with Crippen LogP contribution in [0.5, 0.6) is 0 Å². The first-order valence-corrected chi connectivity index (χ1v) is 6.18. The van der Waals surface area contributed by atoms with Crippen molar-refractivity contribution in [3.63, 3.8) is 0 Å². The van der Waals surface area contributed by atoms with Gasteiger partial charge >= 0.3 is 6.09 Å². The number of halogens is 2. The molecule has 0 spiro atoms. The van der Waals surface area contributed by atoms with Crippen molar-refractivity contribution in [1.82, 2.24) is 0 Å². The van der Waals surface area contributed by atoms with Crippen molar-refractivity contribution < 1.29 is 14.6 Å². The van der Waals surface area contributed by atoms with Crippen molar-refractivity contribution in [2.75, 3.05) is 0 Å². The van der Waals surface area contributed by atoms with E-state index in [0.29, 0.717) is 15.6 Å². The topological polar surface area (TPSA) is 72.5 Å². The quantitative estimate of drug-likeness (QED) is 0.895. The fraction of sp³-hybridized carbons (Fsp3) is 0.417. The van der Waals surface area contributed by atoms with E-state index in [0.717, 1.165) is 0 Å². The minimum atomic E-state index is -1.13. The monoisotopic (exact) mass is 291 g/mol. The molecule has 4 nitrogen and oxygen atoms in total. The van der Waals surface area contributed by atoms with E-state index in [4.69, 9.17) is 33.7 Å². The third kappa shape index (κ3) is 3.51. The van der Waals surface area contributed by atoms with Crippen molar-refractivity contribution in [3.8, 4) is 0 Å². The second-order valence-electron chi connectivity index (χ2n) is 4.23. The molecule has 0 saturated carbocycles. The highest BCUT2D eigenvalue weighted by atomic mass is 35.5. The van der Waals surface area contributed by atoms with Crippen molar-refractivity contribution in [2.24, 2.45) is 11.7 Å². The molecule has 0 saturated heterocycles. The average Bonchev–Trinajstić information content (AvgIpc) is 2.24. The van der Waals surface area contributed by atoms with E-state index < -0.39 is 18.3 Å². The maximum atomic E-state index is 10.8. The Morgan fingerprint density at radius 2 is 1.83 bits per heavy atom. The summed E-state index contributed by atoms with van der Waals surface area (Å²) in [5.74, 6) is -0.139. The Labute approximate surface area is 116 Å². The van der Waals surface area contributed by atoms with Crippen LogP contribution >= 0.6 is 23.2 Å². The molecule has 0 unspecified atom stereocenters. The van der Waals surface area contributed by atoms with Crippen LogP contribution < -0.4 is 5.73 Å². The Morgan fingerprint density at radius 3 is 2.22 bits per heavy atom. The van der Waals surface area contributed by atoms with Crippen molar-refractivity contribution in [1.29, 1.82) is 0 Å². The van der Waals surface area contributed by atoms with E-state index in [1.165, 1.54) is 0 Å². The Bertz CT molecular complexity index is 417. The molecule has 100 valence electrons. The SMILES string of the molecule is CC(C)[C@@H](OC(N)=O)[C@H](O)c1c(Cl)cccc1Cl. The molecule has 2 atom stereocenters. The Kier molecular flexibility index (Phi) is 5.26. The zero-order valence-corrected chi connectivity index (χ0v) is 11.6. The summed E-state index contributed by atoms with van der Waals surface area (Å²) in [7, 11) is 0. The van der Waals surface area contributed by atoms with Crippen LogP contribution in [0.15, 0.2) is 18.2 Å². The molecule has 0 fully saturated rings. The van der Waals surface area contributed by atoms with Gasteiger partial charge in [-0.1, -0.05) is 43.1 Å². The maximum Gasteiger partial charge on any atom is 0.404 e. The molecular weight excluding hydrogens is 277 g/mol. The average molecular weight is 292 g/mol. The lowest BCUT2D eigenvalue weighted by Gasteiger charge is -2.26. The van der Waals surface area contributed by atoms with Crippen molar-refractivity contribution in [2.45, 2.75) is 26.1 Å². The molecule has 1 aromatic carbocycles. The van der Waals surface area contributed by atoms with E-state index >= 15 is 0 Å².